The number of aromatic hydroxyl groups is 1. The lowest BCUT2D eigenvalue weighted by atomic mass is 9.55. The zero-order valence-corrected chi connectivity index (χ0v) is 18.0. The Kier molecular flexibility index (Phi) is 5.29. The van der Waals surface area contributed by atoms with Gasteiger partial charge in [0.25, 0.3) is 0 Å². The highest BCUT2D eigenvalue weighted by atomic mass is 19.2. The quantitative estimate of drug-likeness (QED) is 0.181. The molecule has 5 rings (SSSR count). The summed E-state index contributed by atoms with van der Waals surface area (Å²) in [7, 11) is 0. The zero-order chi connectivity index (χ0) is 23.5. The van der Waals surface area contributed by atoms with Crippen LogP contribution < -0.4 is 0 Å². The van der Waals surface area contributed by atoms with Crippen LogP contribution >= 0.6 is 0 Å². The lowest BCUT2D eigenvalue weighted by Crippen LogP contribution is -2.42. The third kappa shape index (κ3) is 3.37. The highest BCUT2D eigenvalue weighted by molar-refractivity contribution is 5.93. The van der Waals surface area contributed by atoms with Gasteiger partial charge >= 0.3 is 0 Å². The second-order valence-electron chi connectivity index (χ2n) is 9.57. The van der Waals surface area contributed by atoms with Crippen molar-refractivity contribution in [2.45, 2.75) is 51.4 Å². The molecule has 2 fully saturated rings. The molecular formula is C25H23F5N2O. The average molecular weight is 462 g/mol. The highest BCUT2D eigenvalue weighted by Gasteiger charge is 2.53. The normalized spacial score (nSPS) is 29.9. The summed E-state index contributed by atoms with van der Waals surface area (Å²) in [5.74, 6) is -8.48. The fourth-order valence-corrected chi connectivity index (χ4v) is 6.41. The van der Waals surface area contributed by atoms with E-state index in [1.165, 1.54) is 11.1 Å². The van der Waals surface area contributed by atoms with Crippen LogP contribution in [0.2, 0.25) is 0 Å². The van der Waals surface area contributed by atoms with Gasteiger partial charge in [-0.25, -0.2) is 22.0 Å². The molecule has 4 unspecified atom stereocenters. The van der Waals surface area contributed by atoms with Crippen molar-refractivity contribution in [2.24, 2.45) is 27.5 Å². The van der Waals surface area contributed by atoms with Gasteiger partial charge in [-0.15, -0.1) is 0 Å². The van der Waals surface area contributed by atoms with E-state index in [1.54, 1.807) is 6.07 Å². The Balaban J connectivity index is 1.41. The summed E-state index contributed by atoms with van der Waals surface area (Å²) in [4.78, 5) is 0. The Morgan fingerprint density at radius 2 is 1.64 bits per heavy atom. The van der Waals surface area contributed by atoms with Crippen LogP contribution in [0.25, 0.3) is 0 Å². The molecule has 0 aromatic heterocycles. The van der Waals surface area contributed by atoms with Crippen LogP contribution in [0.3, 0.4) is 0 Å². The maximum absolute atomic E-state index is 13.9. The first-order valence-corrected chi connectivity index (χ1v) is 11.2. The molecule has 3 aliphatic rings. The third-order valence-corrected chi connectivity index (χ3v) is 8.06. The first kappa shape index (κ1) is 22.0. The number of halogens is 5. The van der Waals surface area contributed by atoms with Gasteiger partial charge in [0.15, 0.2) is 23.3 Å². The average Bonchev–Trinajstić information content (AvgIpc) is 3.14. The monoisotopic (exact) mass is 462 g/mol. The first-order valence-electron chi connectivity index (χ1n) is 11.2. The molecule has 4 atom stereocenters. The minimum atomic E-state index is -2.19. The van der Waals surface area contributed by atoms with Crippen molar-refractivity contribution < 1.29 is 27.1 Å². The Bertz CT molecular complexity index is 1160. The molecule has 0 heterocycles. The molecule has 8 heteroatoms. The van der Waals surface area contributed by atoms with Gasteiger partial charge in [0.05, 0.1) is 11.8 Å². The van der Waals surface area contributed by atoms with Gasteiger partial charge in [-0.1, -0.05) is 13.0 Å². The van der Waals surface area contributed by atoms with E-state index in [9.17, 15) is 27.1 Å². The third-order valence-electron chi connectivity index (χ3n) is 8.06. The number of fused-ring (bicyclic) bond motifs is 5. The van der Waals surface area contributed by atoms with Crippen LogP contribution in [0.4, 0.5) is 22.0 Å². The van der Waals surface area contributed by atoms with E-state index in [0.29, 0.717) is 30.4 Å². The molecule has 2 aromatic carbocycles. The summed E-state index contributed by atoms with van der Waals surface area (Å²) >= 11 is 0. The van der Waals surface area contributed by atoms with Crippen molar-refractivity contribution in [3.05, 3.63) is 64.0 Å². The second-order valence-corrected chi connectivity index (χ2v) is 9.57. The number of aryl methyl sites for hydroxylation is 1. The summed E-state index contributed by atoms with van der Waals surface area (Å²) in [6, 6.07) is 5.63. The summed E-state index contributed by atoms with van der Waals surface area (Å²) in [5, 5.41) is 17.8. The van der Waals surface area contributed by atoms with Gasteiger partial charge < -0.3 is 5.11 Å². The van der Waals surface area contributed by atoms with E-state index in [-0.39, 0.29) is 11.2 Å². The number of hydrogen-bond acceptors (Lipinski definition) is 3. The summed E-state index contributed by atoms with van der Waals surface area (Å²) < 4.78 is 67.9. The summed E-state index contributed by atoms with van der Waals surface area (Å²) in [5.41, 5.74) is 2.01. The fraction of sp³-hybridized carbons (Fsp3) is 0.440. The predicted octanol–water partition coefficient (Wildman–Crippen LogP) is 6.42. The highest BCUT2D eigenvalue weighted by Crippen LogP contribution is 2.60. The van der Waals surface area contributed by atoms with E-state index in [4.69, 9.17) is 0 Å². The molecule has 3 nitrogen and oxygen atoms in total. The number of rotatable bonds is 2. The van der Waals surface area contributed by atoms with Crippen LogP contribution in [0.15, 0.2) is 28.4 Å². The molecule has 0 bridgehead atoms. The molecule has 0 radical (unpaired) electrons. The lowest BCUT2D eigenvalue weighted by molar-refractivity contribution is 0.0955. The Labute approximate surface area is 188 Å². The predicted molar refractivity (Wildman–Crippen MR) is 114 cm³/mol. The van der Waals surface area contributed by atoms with Crippen molar-refractivity contribution in [2.75, 3.05) is 0 Å². The van der Waals surface area contributed by atoms with Crippen molar-refractivity contribution in [1.82, 2.24) is 0 Å². The topological polar surface area (TPSA) is 45.0 Å². The zero-order valence-electron chi connectivity index (χ0n) is 18.0. The van der Waals surface area contributed by atoms with E-state index in [1.807, 2.05) is 12.1 Å². The first-order chi connectivity index (χ1) is 15.7. The molecule has 174 valence electrons. The van der Waals surface area contributed by atoms with Gasteiger partial charge in [-0.05, 0) is 79.5 Å². The maximum Gasteiger partial charge on any atom is 0.200 e. The van der Waals surface area contributed by atoms with Gasteiger partial charge in [0.2, 0.25) is 5.82 Å². The minimum Gasteiger partial charge on any atom is -0.508 e. The molecule has 33 heavy (non-hydrogen) atoms. The van der Waals surface area contributed by atoms with Crippen molar-refractivity contribution >= 4 is 11.9 Å². The second kappa shape index (κ2) is 7.92. The molecule has 0 spiro atoms. The maximum atomic E-state index is 13.9. The molecule has 2 aromatic rings. The molecule has 2 saturated carbocycles. The van der Waals surface area contributed by atoms with Crippen LogP contribution in [0, 0.1) is 46.3 Å². The number of phenols is 1. The van der Waals surface area contributed by atoms with Gasteiger partial charge in [-0.2, -0.15) is 10.2 Å². The molecular weight excluding hydrogens is 439 g/mol. The molecule has 1 N–H and O–H groups in total. The van der Waals surface area contributed by atoms with Gasteiger partial charge in [-0.3, -0.25) is 0 Å². The Hall–Kier alpha value is -2.77. The van der Waals surface area contributed by atoms with Crippen LogP contribution in [0.5, 0.6) is 5.75 Å². The fourth-order valence-electron chi connectivity index (χ4n) is 6.41. The van der Waals surface area contributed by atoms with Crippen molar-refractivity contribution in [1.29, 1.82) is 0 Å². The van der Waals surface area contributed by atoms with Crippen LogP contribution in [-0.4, -0.2) is 17.0 Å². The molecule has 0 saturated heterocycles. The van der Waals surface area contributed by atoms with Crippen LogP contribution in [0.1, 0.15) is 61.6 Å². The SMILES string of the molecule is CC12CCC3c4ccc(O)cc4CCC3C1CC/C2=N\N=C\c1c(F)c(F)c(F)c(F)c1F. The van der Waals surface area contributed by atoms with Crippen molar-refractivity contribution in [3.8, 4) is 5.75 Å². The summed E-state index contributed by atoms with van der Waals surface area (Å²) in [6.07, 6.45) is 5.95. The lowest BCUT2D eigenvalue weighted by Gasteiger charge is -2.49. The molecule has 3 aliphatic carbocycles. The number of nitrogens with zero attached hydrogens (tertiary/aromatic N) is 2. The van der Waals surface area contributed by atoms with Gasteiger partial charge in [0, 0.05) is 11.1 Å². The van der Waals surface area contributed by atoms with E-state index >= 15 is 0 Å². The Morgan fingerprint density at radius 1 is 0.939 bits per heavy atom. The van der Waals surface area contributed by atoms with Crippen LogP contribution in [-0.2, 0) is 6.42 Å². The molecule has 0 aliphatic heterocycles. The smallest absolute Gasteiger partial charge is 0.200 e. The standard InChI is InChI=1S/C25H23F5N2O/c1-25-9-8-15-14-5-3-13(33)10-12(14)2-4-16(15)18(25)6-7-19(25)32-31-11-17-20(26)22(28)24(30)23(29)21(17)27/h3,5,10-11,15-16,18,33H,2,4,6-9H2,1H3/b31-11+,32-19+. The summed E-state index contributed by atoms with van der Waals surface area (Å²) in [6.45, 7) is 2.14. The van der Waals surface area contributed by atoms with E-state index in [0.717, 1.165) is 37.8 Å². The van der Waals surface area contributed by atoms with E-state index < -0.39 is 34.6 Å². The Morgan fingerprint density at radius 3 is 2.36 bits per heavy atom. The van der Waals surface area contributed by atoms with Gasteiger partial charge in [0.1, 0.15) is 5.75 Å². The number of hydrogen-bond donors (Lipinski definition) is 1. The minimum absolute atomic E-state index is 0.219. The number of benzene rings is 2. The van der Waals surface area contributed by atoms with E-state index in [2.05, 4.69) is 17.1 Å². The number of phenolic OH excluding ortho intramolecular Hbond substituents is 1. The largest absolute Gasteiger partial charge is 0.508 e. The molecule has 0 amide bonds. The van der Waals surface area contributed by atoms with Crippen molar-refractivity contribution in [3.63, 3.8) is 0 Å².